The number of hydrogen-bond acceptors (Lipinski definition) is 4. The molecule has 0 bridgehead atoms. The van der Waals surface area contributed by atoms with Crippen LogP contribution in [0.1, 0.15) is 32.1 Å². The van der Waals surface area contributed by atoms with Crippen molar-refractivity contribution in [3.05, 3.63) is 0 Å². The Hall–Kier alpha value is 2.25. The molecule has 0 amide bonds. The fourth-order valence-electron chi connectivity index (χ4n) is 1.22. The molecule has 0 radical (unpaired) electrons. The Kier molecular flexibility index (Phi) is 20.9. The zero-order chi connectivity index (χ0) is 11.7. The van der Waals surface area contributed by atoms with E-state index in [4.69, 9.17) is 0 Å². The predicted octanol–water partition coefficient (Wildman–Crippen LogP) is -4.95. The van der Waals surface area contributed by atoms with E-state index in [9.17, 15) is 13.3 Å². The van der Waals surface area contributed by atoms with Gasteiger partial charge in [-0.25, -0.2) is 4.21 Å². The van der Waals surface area contributed by atoms with Crippen molar-refractivity contribution in [3.63, 3.8) is 0 Å². The molecule has 0 aromatic heterocycles. The van der Waals surface area contributed by atoms with Crippen LogP contribution in [0.15, 0.2) is 0 Å². The summed E-state index contributed by atoms with van der Waals surface area (Å²) in [5.74, 6) is 0.430. The third kappa shape index (κ3) is 23.7. The molecule has 0 spiro atoms. The number of hydrogen-bond donors (Lipinski definition) is 0. The first-order chi connectivity index (χ1) is 6.92. The molecular formula is C9H20NNa2O3S2+. The van der Waals surface area contributed by atoms with E-state index in [1.807, 2.05) is 0 Å². The maximum absolute atomic E-state index is 10.2. The van der Waals surface area contributed by atoms with Gasteiger partial charge in [-0.05, 0) is 33.5 Å². The Bertz CT molecular complexity index is 261. The Morgan fingerprint density at radius 3 is 1.94 bits per heavy atom. The summed E-state index contributed by atoms with van der Waals surface area (Å²) in [6.45, 7) is 1.10. The van der Waals surface area contributed by atoms with Gasteiger partial charge in [0, 0.05) is 6.42 Å². The molecular weight excluding hydrogens is 280 g/mol. The minimum Gasteiger partial charge on any atom is -0.746 e. The minimum absolute atomic E-state index is 0. The van der Waals surface area contributed by atoms with Gasteiger partial charge in [-0.2, -0.15) is 0 Å². The molecule has 0 fully saturated rings. The summed E-state index contributed by atoms with van der Waals surface area (Å²) in [7, 11) is 0.541. The molecule has 0 saturated carbocycles. The molecule has 0 aliphatic heterocycles. The van der Waals surface area contributed by atoms with Gasteiger partial charge >= 0.3 is 59.1 Å². The molecule has 0 aromatic carbocycles. The van der Waals surface area contributed by atoms with E-state index >= 15 is 0 Å². The third-order valence-electron chi connectivity index (χ3n) is 1.98. The molecule has 0 N–H and O–H groups in total. The van der Waals surface area contributed by atoms with Crippen molar-refractivity contribution in [3.8, 4) is 0 Å². The molecule has 0 rings (SSSR count). The number of nitrogens with zero attached hydrogens (tertiary/aromatic N) is 1. The van der Waals surface area contributed by atoms with Gasteiger partial charge in [0.2, 0.25) is 10.3 Å². The number of rotatable bonds is 8. The van der Waals surface area contributed by atoms with E-state index in [0.717, 1.165) is 25.8 Å². The summed E-state index contributed by atoms with van der Waals surface area (Å²) in [4.78, 5) is 2.15. The van der Waals surface area contributed by atoms with E-state index in [0.29, 0.717) is 16.1 Å². The number of unbranched alkanes of at least 4 members (excludes halogenated alkanes) is 4. The van der Waals surface area contributed by atoms with Crippen LogP contribution in [0.4, 0.5) is 0 Å². The molecule has 92 valence electrons. The summed E-state index contributed by atoms with van der Waals surface area (Å²) in [5, 5.41) is 0. The van der Waals surface area contributed by atoms with Gasteiger partial charge in [0.25, 0.3) is 0 Å². The summed E-state index contributed by atoms with van der Waals surface area (Å²) in [5.41, 5.74) is 0. The van der Waals surface area contributed by atoms with Crippen LogP contribution in [0.5, 0.6) is 0 Å². The molecule has 0 aromatic rings. The topological polar surface area (TPSA) is 66.4 Å². The summed E-state index contributed by atoms with van der Waals surface area (Å²) < 4.78 is 30.7. The van der Waals surface area contributed by atoms with Crippen molar-refractivity contribution >= 4 is 19.4 Å². The van der Waals surface area contributed by atoms with Crippen LogP contribution >= 0.6 is 0 Å². The fourth-order valence-corrected chi connectivity index (χ4v) is 2.71. The minimum atomic E-state index is -4.07. The van der Waals surface area contributed by atoms with Crippen molar-refractivity contribution < 1.29 is 72.4 Å². The van der Waals surface area contributed by atoms with E-state index < -0.39 is 9.05 Å². The molecule has 0 saturated heterocycles. The largest absolute Gasteiger partial charge is 1.00 e. The van der Waals surface area contributed by atoms with E-state index in [1.54, 1.807) is 0 Å². The quantitative estimate of drug-likeness (QED) is 0.256. The van der Waals surface area contributed by atoms with Gasteiger partial charge < -0.3 is 14.0 Å². The van der Waals surface area contributed by atoms with Crippen molar-refractivity contribution in [2.75, 3.05) is 26.4 Å². The molecule has 0 aliphatic rings. The average molecular weight is 300 g/mol. The van der Waals surface area contributed by atoms with E-state index in [1.165, 1.54) is 12.8 Å². The molecule has 0 heterocycles. The Labute approximate surface area is 153 Å². The van der Waals surface area contributed by atoms with Crippen LogP contribution in [-0.2, 0) is 19.4 Å². The first-order valence-electron chi connectivity index (χ1n) is 5.17. The van der Waals surface area contributed by atoms with Crippen LogP contribution in [-0.4, -0.2) is 44.6 Å². The molecule has 0 aliphatic carbocycles. The van der Waals surface area contributed by atoms with Gasteiger partial charge in [0.1, 0.15) is 0 Å². The fraction of sp³-hybridized carbons (Fsp3) is 1.00. The summed E-state index contributed by atoms with van der Waals surface area (Å²) in [6.07, 6.45) is 5.30. The zero-order valence-electron chi connectivity index (χ0n) is 11.4. The Morgan fingerprint density at radius 1 is 1.00 bits per heavy atom. The van der Waals surface area contributed by atoms with Crippen molar-refractivity contribution in [2.45, 2.75) is 32.1 Å². The third-order valence-corrected chi connectivity index (χ3v) is 4.09. The smallest absolute Gasteiger partial charge is 0.746 e. The summed E-state index contributed by atoms with van der Waals surface area (Å²) in [6, 6.07) is 0. The monoisotopic (exact) mass is 300 g/mol. The molecule has 17 heavy (non-hydrogen) atoms. The average Bonchev–Trinajstić information content (AvgIpc) is 2.07. The van der Waals surface area contributed by atoms with Crippen molar-refractivity contribution in [1.29, 1.82) is 0 Å². The SMILES string of the molecule is CN(C)CCCCCCC[S+]=S(=O)([O-])[O-].[Na+].[Na+]. The molecule has 4 nitrogen and oxygen atoms in total. The zero-order valence-corrected chi connectivity index (χ0v) is 17.1. The van der Waals surface area contributed by atoms with E-state index in [-0.39, 0.29) is 59.1 Å². The van der Waals surface area contributed by atoms with Gasteiger partial charge in [-0.3, -0.25) is 0 Å². The summed E-state index contributed by atoms with van der Waals surface area (Å²) >= 11 is 0. The van der Waals surface area contributed by atoms with Crippen molar-refractivity contribution in [1.82, 2.24) is 4.90 Å². The van der Waals surface area contributed by atoms with Crippen LogP contribution in [0.2, 0.25) is 0 Å². The van der Waals surface area contributed by atoms with Crippen molar-refractivity contribution in [2.24, 2.45) is 0 Å². The Morgan fingerprint density at radius 2 is 1.47 bits per heavy atom. The molecule has 0 atom stereocenters. The maximum Gasteiger partial charge on any atom is 1.00 e. The standard InChI is InChI=1S/C9H21NO3S2.2Na/c1-10(2)8-6-4-3-5-7-9-14-15(11,12)13;;/h3-9H2,1-2H3,(H-,11,12,13);;/q;2*+1/p-1. The first kappa shape index (κ1) is 24.3. The molecule has 0 unspecified atom stereocenters. The van der Waals surface area contributed by atoms with E-state index in [2.05, 4.69) is 19.0 Å². The van der Waals surface area contributed by atoms with Gasteiger partial charge in [0.15, 0.2) is 5.75 Å². The molecule has 8 heteroatoms. The predicted molar refractivity (Wildman–Crippen MR) is 63.6 cm³/mol. The van der Waals surface area contributed by atoms with Crippen LogP contribution in [0.25, 0.3) is 0 Å². The first-order valence-corrected chi connectivity index (χ1v) is 8.08. The van der Waals surface area contributed by atoms with Gasteiger partial charge in [0.05, 0.1) is 9.05 Å². The second-order valence-corrected chi connectivity index (χ2v) is 7.19. The maximum atomic E-state index is 10.2. The normalized spacial score (nSPS) is 10.6. The second-order valence-electron chi connectivity index (χ2n) is 3.80. The van der Waals surface area contributed by atoms with Gasteiger partial charge in [-0.15, -0.1) is 0 Å². The second kappa shape index (κ2) is 14.7. The van der Waals surface area contributed by atoms with Crippen LogP contribution in [0.3, 0.4) is 0 Å². The Balaban J connectivity index is -0.000000980. The van der Waals surface area contributed by atoms with Crippen LogP contribution in [0, 0.1) is 0 Å². The van der Waals surface area contributed by atoms with Crippen LogP contribution < -0.4 is 59.1 Å². The van der Waals surface area contributed by atoms with Gasteiger partial charge in [-0.1, -0.05) is 12.8 Å².